The molecule has 1 amide bonds. The van der Waals surface area contributed by atoms with Crippen LogP contribution in [-0.2, 0) is 19.5 Å². The van der Waals surface area contributed by atoms with Crippen molar-refractivity contribution >= 4 is 5.91 Å². The van der Waals surface area contributed by atoms with E-state index in [2.05, 4.69) is 21.5 Å². The summed E-state index contributed by atoms with van der Waals surface area (Å²) in [7, 11) is 0. The largest absolute Gasteiger partial charge is 0.332 e. The first-order valence-electron chi connectivity index (χ1n) is 8.32. The fourth-order valence-electron chi connectivity index (χ4n) is 3.23. The van der Waals surface area contributed by atoms with Crippen molar-refractivity contribution in [3.63, 3.8) is 0 Å². The fraction of sp³-hybridized carbons (Fsp3) is 0.211. The molecular weight excluding hydrogens is 314 g/mol. The molecule has 0 atom stereocenters. The highest BCUT2D eigenvalue weighted by Crippen LogP contribution is 2.24. The van der Waals surface area contributed by atoms with Crippen molar-refractivity contribution in [2.45, 2.75) is 19.5 Å². The van der Waals surface area contributed by atoms with Crippen LogP contribution in [0.15, 0.2) is 48.5 Å². The number of amides is 1. The summed E-state index contributed by atoms with van der Waals surface area (Å²) in [6.07, 6.45) is 0.736. The Labute approximate surface area is 145 Å². The molecule has 0 unspecified atom stereocenters. The predicted molar refractivity (Wildman–Crippen MR) is 94.6 cm³/mol. The van der Waals surface area contributed by atoms with Gasteiger partial charge in [-0.1, -0.05) is 36.4 Å². The number of carbonyl (C=O) groups is 1. The minimum atomic E-state index is 0.0207. The molecule has 4 rings (SSSR count). The van der Waals surface area contributed by atoms with Crippen LogP contribution in [0.5, 0.6) is 0 Å². The van der Waals surface area contributed by atoms with Gasteiger partial charge in [0.25, 0.3) is 5.91 Å². The van der Waals surface area contributed by atoms with Crippen molar-refractivity contribution < 1.29 is 4.79 Å². The Morgan fingerprint density at radius 3 is 2.64 bits per heavy atom. The van der Waals surface area contributed by atoms with Crippen LogP contribution in [0.4, 0.5) is 0 Å². The number of nitrogens with one attached hydrogen (secondary N) is 1. The summed E-state index contributed by atoms with van der Waals surface area (Å²) >= 11 is 0. The monoisotopic (exact) mass is 333 g/mol. The van der Waals surface area contributed by atoms with Crippen LogP contribution in [-0.4, -0.2) is 32.8 Å². The summed E-state index contributed by atoms with van der Waals surface area (Å²) in [5.74, 6) is 0.0207. The van der Waals surface area contributed by atoms with Gasteiger partial charge in [0.15, 0.2) is 0 Å². The number of H-pyrrole nitrogens is 1. The third-order valence-corrected chi connectivity index (χ3v) is 4.63. The topological polar surface area (TPSA) is 87.9 Å². The fourth-order valence-corrected chi connectivity index (χ4v) is 3.23. The quantitative estimate of drug-likeness (QED) is 0.768. The van der Waals surface area contributed by atoms with Crippen LogP contribution in [0.2, 0.25) is 0 Å². The van der Waals surface area contributed by atoms with Gasteiger partial charge in [0, 0.05) is 25.1 Å². The van der Waals surface area contributed by atoms with E-state index < -0.39 is 0 Å². The number of aromatic amines is 1. The summed E-state index contributed by atoms with van der Waals surface area (Å²) in [6, 6.07) is 15.8. The van der Waals surface area contributed by atoms with Gasteiger partial charge in [-0.25, -0.2) is 0 Å². The van der Waals surface area contributed by atoms with Crippen molar-refractivity contribution in [2.75, 3.05) is 6.54 Å². The van der Waals surface area contributed by atoms with Crippen LogP contribution in [0.3, 0.4) is 0 Å². The number of benzene rings is 2. The van der Waals surface area contributed by atoms with Crippen molar-refractivity contribution in [3.05, 3.63) is 71.0 Å². The first-order valence-corrected chi connectivity index (χ1v) is 8.32. The maximum Gasteiger partial charge on any atom is 0.254 e. The summed E-state index contributed by atoms with van der Waals surface area (Å²) in [5, 5.41) is 10.8. The van der Waals surface area contributed by atoms with Crippen LogP contribution >= 0.6 is 0 Å². The van der Waals surface area contributed by atoms with E-state index in [1.165, 1.54) is 0 Å². The van der Waals surface area contributed by atoms with Gasteiger partial charge in [-0.2, -0.15) is 15.4 Å². The molecule has 25 heavy (non-hydrogen) atoms. The smallest absolute Gasteiger partial charge is 0.254 e. The third-order valence-electron chi connectivity index (χ3n) is 4.63. The normalized spacial score (nSPS) is 13.6. The van der Waals surface area contributed by atoms with Crippen LogP contribution in [0.1, 0.15) is 27.3 Å². The van der Waals surface area contributed by atoms with Gasteiger partial charge in [0.05, 0.1) is 12.2 Å². The molecule has 3 N–H and O–H groups in total. The molecular formula is C19H19N5O. The van der Waals surface area contributed by atoms with E-state index >= 15 is 0 Å². The lowest BCUT2D eigenvalue weighted by Gasteiger charge is -2.25. The van der Waals surface area contributed by atoms with Gasteiger partial charge < -0.3 is 10.6 Å². The molecule has 0 radical (unpaired) electrons. The number of fused-ring (bicyclic) bond motifs is 1. The van der Waals surface area contributed by atoms with Crippen LogP contribution in [0.25, 0.3) is 11.1 Å². The first kappa shape index (κ1) is 15.5. The van der Waals surface area contributed by atoms with Gasteiger partial charge in [0.2, 0.25) is 0 Å². The highest BCUT2D eigenvalue weighted by Gasteiger charge is 2.24. The zero-order valence-corrected chi connectivity index (χ0v) is 13.8. The molecule has 1 aliphatic heterocycles. The third kappa shape index (κ3) is 2.92. The summed E-state index contributed by atoms with van der Waals surface area (Å²) in [5.41, 5.74) is 11.6. The van der Waals surface area contributed by atoms with Crippen molar-refractivity contribution in [1.29, 1.82) is 0 Å². The number of carbonyl (C=O) groups excluding carboxylic acids is 1. The Morgan fingerprint density at radius 2 is 1.84 bits per heavy atom. The molecule has 1 aromatic heterocycles. The van der Waals surface area contributed by atoms with Crippen molar-refractivity contribution in [1.82, 2.24) is 20.3 Å². The summed E-state index contributed by atoms with van der Waals surface area (Å²) in [4.78, 5) is 14.6. The predicted octanol–water partition coefficient (Wildman–Crippen LogP) is 2.13. The maximum atomic E-state index is 12.7. The molecule has 0 bridgehead atoms. The SMILES string of the molecule is NCc1ccccc1-c1ccc(C(=O)N2CCc3n[nH]nc3C2)cc1. The Bertz CT molecular complexity index is 900. The number of nitrogens with two attached hydrogens (primary N) is 1. The lowest BCUT2D eigenvalue weighted by molar-refractivity contribution is 0.0732. The highest BCUT2D eigenvalue weighted by atomic mass is 16.2. The van der Waals surface area contributed by atoms with E-state index in [1.54, 1.807) is 0 Å². The zero-order valence-electron chi connectivity index (χ0n) is 13.8. The minimum Gasteiger partial charge on any atom is -0.332 e. The summed E-state index contributed by atoms with van der Waals surface area (Å²) in [6.45, 7) is 1.66. The second-order valence-electron chi connectivity index (χ2n) is 6.13. The van der Waals surface area contributed by atoms with Gasteiger partial charge in [-0.3, -0.25) is 4.79 Å². The van der Waals surface area contributed by atoms with E-state index in [9.17, 15) is 4.79 Å². The molecule has 0 aliphatic carbocycles. The van der Waals surface area contributed by atoms with E-state index in [0.717, 1.165) is 34.5 Å². The van der Waals surface area contributed by atoms with E-state index in [-0.39, 0.29) is 5.91 Å². The molecule has 1 aliphatic rings. The first-order chi connectivity index (χ1) is 12.3. The minimum absolute atomic E-state index is 0.0207. The second-order valence-corrected chi connectivity index (χ2v) is 6.13. The Balaban J connectivity index is 1.55. The molecule has 0 saturated heterocycles. The molecule has 2 heterocycles. The highest BCUT2D eigenvalue weighted by molar-refractivity contribution is 5.94. The Hall–Kier alpha value is -2.99. The van der Waals surface area contributed by atoms with E-state index in [4.69, 9.17) is 5.73 Å². The standard InChI is InChI=1S/C19H19N5O/c20-11-15-3-1-2-4-16(15)13-5-7-14(8-6-13)19(25)24-10-9-17-18(12-24)22-23-21-17/h1-8H,9-12,20H2,(H,21,22,23). The average Bonchev–Trinajstić information content (AvgIpc) is 3.15. The maximum absolute atomic E-state index is 12.7. The zero-order chi connectivity index (χ0) is 17.2. The van der Waals surface area contributed by atoms with Gasteiger partial charge >= 0.3 is 0 Å². The number of hydrogen-bond donors (Lipinski definition) is 2. The molecule has 6 heteroatoms. The van der Waals surface area contributed by atoms with Gasteiger partial charge in [-0.15, -0.1) is 0 Å². The number of hydrogen-bond acceptors (Lipinski definition) is 4. The van der Waals surface area contributed by atoms with E-state index in [1.807, 2.05) is 47.4 Å². The summed E-state index contributed by atoms with van der Waals surface area (Å²) < 4.78 is 0. The molecule has 0 saturated carbocycles. The van der Waals surface area contributed by atoms with E-state index in [0.29, 0.717) is 25.2 Å². The Kier molecular flexibility index (Phi) is 4.03. The van der Waals surface area contributed by atoms with Crippen LogP contribution in [0, 0.1) is 0 Å². The lowest BCUT2D eigenvalue weighted by atomic mass is 9.98. The second kappa shape index (κ2) is 6.49. The molecule has 0 spiro atoms. The van der Waals surface area contributed by atoms with Gasteiger partial charge in [0.1, 0.15) is 5.69 Å². The number of rotatable bonds is 3. The molecule has 6 nitrogen and oxygen atoms in total. The molecule has 2 aromatic carbocycles. The van der Waals surface area contributed by atoms with Crippen LogP contribution < -0.4 is 5.73 Å². The molecule has 3 aromatic rings. The number of nitrogens with zero attached hydrogens (tertiary/aromatic N) is 3. The Morgan fingerprint density at radius 1 is 1.08 bits per heavy atom. The number of aromatic nitrogens is 3. The molecule has 126 valence electrons. The van der Waals surface area contributed by atoms with Crippen molar-refractivity contribution in [2.24, 2.45) is 5.73 Å². The van der Waals surface area contributed by atoms with Gasteiger partial charge in [-0.05, 0) is 28.8 Å². The average molecular weight is 333 g/mol. The molecule has 0 fully saturated rings. The lowest BCUT2D eigenvalue weighted by Crippen LogP contribution is -2.36. The van der Waals surface area contributed by atoms with Crippen molar-refractivity contribution in [3.8, 4) is 11.1 Å².